The molecule has 1 aromatic rings. The summed E-state index contributed by atoms with van der Waals surface area (Å²) in [4.78, 5) is 14.7. The van der Waals surface area contributed by atoms with E-state index in [9.17, 15) is 9.18 Å². The first-order valence-corrected chi connectivity index (χ1v) is 5.83. The number of aromatic nitrogens is 1. The van der Waals surface area contributed by atoms with Gasteiger partial charge in [0, 0.05) is 19.2 Å². The van der Waals surface area contributed by atoms with E-state index in [-0.39, 0.29) is 17.6 Å². The Kier molecular flexibility index (Phi) is 5.44. The van der Waals surface area contributed by atoms with Crippen LogP contribution >= 0.6 is 22.6 Å². The molecule has 16 heavy (non-hydrogen) atoms. The molecule has 1 heterocycles. The largest absolute Gasteiger partial charge is 0.469 e. The molecule has 0 aromatic carbocycles. The van der Waals surface area contributed by atoms with Crippen LogP contribution in [0.5, 0.6) is 0 Å². The van der Waals surface area contributed by atoms with Gasteiger partial charge in [-0.3, -0.25) is 4.79 Å². The van der Waals surface area contributed by atoms with Crippen molar-refractivity contribution in [3.05, 3.63) is 21.7 Å². The smallest absolute Gasteiger partial charge is 0.305 e. The van der Waals surface area contributed by atoms with Crippen molar-refractivity contribution < 1.29 is 13.9 Å². The van der Waals surface area contributed by atoms with Crippen LogP contribution in [-0.4, -0.2) is 24.6 Å². The zero-order chi connectivity index (χ0) is 12.0. The zero-order valence-electron chi connectivity index (χ0n) is 8.80. The normalized spacial score (nSPS) is 9.94. The lowest BCUT2D eigenvalue weighted by Crippen LogP contribution is -2.09. The molecule has 0 aliphatic carbocycles. The molecule has 0 aliphatic rings. The molecule has 0 unspecified atom stereocenters. The third-order valence-electron chi connectivity index (χ3n) is 1.92. The fourth-order valence-corrected chi connectivity index (χ4v) is 1.50. The van der Waals surface area contributed by atoms with Crippen LogP contribution in [0.15, 0.2) is 12.3 Å². The number of rotatable bonds is 5. The van der Waals surface area contributed by atoms with Crippen molar-refractivity contribution in [1.82, 2.24) is 4.98 Å². The zero-order valence-corrected chi connectivity index (χ0v) is 11.0. The molecule has 0 aliphatic heterocycles. The molecule has 0 spiro atoms. The minimum absolute atomic E-state index is 0.219. The number of hydrogen-bond acceptors (Lipinski definition) is 4. The average Bonchev–Trinajstić information content (AvgIpc) is 2.29. The standard InChI is InChI=1S/C10H12FIN2O2/c1-16-8(15)3-2-5-13-10-9(11)7(12)4-6-14-10/h4,6H,2-3,5H2,1H3,(H,13,14). The first-order valence-electron chi connectivity index (χ1n) is 4.76. The second kappa shape index (κ2) is 6.62. The van der Waals surface area contributed by atoms with Gasteiger partial charge in [-0.15, -0.1) is 0 Å². The minimum Gasteiger partial charge on any atom is -0.469 e. The van der Waals surface area contributed by atoms with Crippen LogP contribution in [0, 0.1) is 9.39 Å². The second-order valence-electron chi connectivity index (χ2n) is 3.06. The minimum atomic E-state index is -0.360. The van der Waals surface area contributed by atoms with Gasteiger partial charge in [0.1, 0.15) is 0 Å². The van der Waals surface area contributed by atoms with Gasteiger partial charge in [-0.05, 0) is 35.1 Å². The number of methoxy groups -OCH3 is 1. The Labute approximate surface area is 107 Å². The third kappa shape index (κ3) is 3.92. The van der Waals surface area contributed by atoms with E-state index in [1.807, 2.05) is 22.6 Å². The topological polar surface area (TPSA) is 51.2 Å². The molecule has 0 saturated heterocycles. The van der Waals surface area contributed by atoms with E-state index in [2.05, 4.69) is 15.0 Å². The van der Waals surface area contributed by atoms with Crippen LogP contribution in [0.2, 0.25) is 0 Å². The summed E-state index contributed by atoms with van der Waals surface area (Å²) in [5.41, 5.74) is 0. The lowest BCUT2D eigenvalue weighted by molar-refractivity contribution is -0.140. The Bertz CT molecular complexity index is 374. The van der Waals surface area contributed by atoms with Crippen LogP contribution < -0.4 is 5.32 Å². The van der Waals surface area contributed by atoms with Crippen LogP contribution in [0.3, 0.4) is 0 Å². The Balaban J connectivity index is 2.38. The van der Waals surface area contributed by atoms with Crippen LogP contribution in [0.25, 0.3) is 0 Å². The van der Waals surface area contributed by atoms with Crippen molar-refractivity contribution in [3.8, 4) is 0 Å². The first kappa shape index (κ1) is 13.1. The highest BCUT2D eigenvalue weighted by atomic mass is 127. The third-order valence-corrected chi connectivity index (χ3v) is 2.75. The summed E-state index contributed by atoms with van der Waals surface area (Å²) in [6.07, 6.45) is 2.43. The number of hydrogen-bond donors (Lipinski definition) is 1. The first-order chi connectivity index (χ1) is 7.65. The average molecular weight is 338 g/mol. The maximum Gasteiger partial charge on any atom is 0.305 e. The number of anilines is 1. The van der Waals surface area contributed by atoms with Crippen LogP contribution in [0.1, 0.15) is 12.8 Å². The highest BCUT2D eigenvalue weighted by Gasteiger charge is 2.06. The van der Waals surface area contributed by atoms with Crippen molar-refractivity contribution >= 4 is 34.4 Å². The predicted molar refractivity (Wildman–Crippen MR) is 66.7 cm³/mol. The lowest BCUT2D eigenvalue weighted by Gasteiger charge is -2.06. The van der Waals surface area contributed by atoms with Gasteiger partial charge in [-0.1, -0.05) is 0 Å². The number of halogens is 2. The number of nitrogens with one attached hydrogen (secondary N) is 1. The molecular formula is C10H12FIN2O2. The number of ether oxygens (including phenoxy) is 1. The van der Waals surface area contributed by atoms with Crippen molar-refractivity contribution in [1.29, 1.82) is 0 Å². The molecular weight excluding hydrogens is 326 g/mol. The van der Waals surface area contributed by atoms with E-state index in [1.54, 1.807) is 6.07 Å². The molecule has 0 saturated carbocycles. The summed E-state index contributed by atoms with van der Waals surface area (Å²) in [7, 11) is 1.34. The summed E-state index contributed by atoms with van der Waals surface area (Å²) in [5, 5.41) is 2.83. The van der Waals surface area contributed by atoms with Gasteiger partial charge < -0.3 is 10.1 Å². The Hall–Kier alpha value is -0.920. The Morgan fingerprint density at radius 2 is 2.44 bits per heavy atom. The van der Waals surface area contributed by atoms with Gasteiger partial charge in [-0.25, -0.2) is 9.37 Å². The van der Waals surface area contributed by atoms with Crippen LogP contribution in [-0.2, 0) is 9.53 Å². The summed E-state index contributed by atoms with van der Waals surface area (Å²) in [6, 6.07) is 1.59. The van der Waals surface area contributed by atoms with E-state index >= 15 is 0 Å². The molecule has 0 amide bonds. The summed E-state index contributed by atoms with van der Waals surface area (Å²) in [6.45, 7) is 0.485. The van der Waals surface area contributed by atoms with E-state index in [1.165, 1.54) is 13.3 Å². The molecule has 1 N–H and O–H groups in total. The maximum absolute atomic E-state index is 13.4. The summed E-state index contributed by atoms with van der Waals surface area (Å²) in [5.74, 6) is -0.407. The van der Waals surface area contributed by atoms with E-state index in [0.29, 0.717) is 23.0 Å². The fraction of sp³-hybridized carbons (Fsp3) is 0.400. The highest BCUT2D eigenvalue weighted by Crippen LogP contribution is 2.16. The SMILES string of the molecule is COC(=O)CCCNc1nccc(I)c1F. The number of esters is 1. The molecule has 0 atom stereocenters. The van der Waals surface area contributed by atoms with Gasteiger partial charge in [-0.2, -0.15) is 0 Å². The lowest BCUT2D eigenvalue weighted by atomic mass is 10.3. The van der Waals surface area contributed by atoms with E-state index in [4.69, 9.17) is 0 Å². The fourth-order valence-electron chi connectivity index (χ4n) is 1.09. The maximum atomic E-state index is 13.4. The highest BCUT2D eigenvalue weighted by molar-refractivity contribution is 14.1. The van der Waals surface area contributed by atoms with Crippen molar-refractivity contribution in [2.45, 2.75) is 12.8 Å². The molecule has 6 heteroatoms. The molecule has 0 fully saturated rings. The van der Waals surface area contributed by atoms with Crippen LogP contribution in [0.4, 0.5) is 10.2 Å². The number of carbonyl (C=O) groups excluding carboxylic acids is 1. The second-order valence-corrected chi connectivity index (χ2v) is 4.22. The van der Waals surface area contributed by atoms with Gasteiger partial charge >= 0.3 is 5.97 Å². The number of nitrogens with zero attached hydrogens (tertiary/aromatic N) is 1. The number of pyridine rings is 1. The van der Waals surface area contributed by atoms with Gasteiger partial charge in [0.25, 0.3) is 0 Å². The van der Waals surface area contributed by atoms with Gasteiger partial charge in [0.2, 0.25) is 0 Å². The van der Waals surface area contributed by atoms with E-state index in [0.717, 1.165) is 0 Å². The van der Waals surface area contributed by atoms with Gasteiger partial charge in [0.15, 0.2) is 11.6 Å². The molecule has 1 aromatic heterocycles. The summed E-state index contributed by atoms with van der Waals surface area (Å²) < 4.78 is 18.4. The van der Waals surface area contributed by atoms with Gasteiger partial charge in [0.05, 0.1) is 10.7 Å². The summed E-state index contributed by atoms with van der Waals surface area (Å²) >= 11 is 1.90. The van der Waals surface area contributed by atoms with Crippen molar-refractivity contribution in [2.24, 2.45) is 0 Å². The van der Waals surface area contributed by atoms with Crippen molar-refractivity contribution in [3.63, 3.8) is 0 Å². The molecule has 0 bridgehead atoms. The van der Waals surface area contributed by atoms with Crippen molar-refractivity contribution in [2.75, 3.05) is 19.0 Å². The van der Waals surface area contributed by atoms with E-state index < -0.39 is 0 Å². The molecule has 88 valence electrons. The quantitative estimate of drug-likeness (QED) is 0.508. The molecule has 4 nitrogen and oxygen atoms in total. The Morgan fingerprint density at radius 3 is 3.12 bits per heavy atom. The predicted octanol–water partition coefficient (Wildman–Crippen LogP) is 2.19. The molecule has 1 rings (SSSR count). The number of carbonyl (C=O) groups is 1. The Morgan fingerprint density at radius 1 is 1.69 bits per heavy atom. The monoisotopic (exact) mass is 338 g/mol. The molecule has 0 radical (unpaired) electrons.